The number of carbonyl (C=O) groups is 1. The van der Waals surface area contributed by atoms with Gasteiger partial charge < -0.3 is 10.2 Å². The number of halogens is 1. The van der Waals surface area contributed by atoms with Crippen LogP contribution in [0.2, 0.25) is 0 Å². The first-order chi connectivity index (χ1) is 8.01. The predicted molar refractivity (Wildman–Crippen MR) is 60.2 cm³/mol. The summed E-state index contributed by atoms with van der Waals surface area (Å²) in [7, 11) is 0. The SMILES string of the molecule is O=Cc1cc(C(O)C(O)CCl)ccc1[N+](=O)[O-]. The fourth-order valence-corrected chi connectivity index (χ4v) is 1.49. The Balaban J connectivity index is 3.13. The van der Waals surface area contributed by atoms with Crippen LogP contribution in [0.4, 0.5) is 5.69 Å². The number of alkyl halides is 1. The van der Waals surface area contributed by atoms with Crippen LogP contribution in [0.1, 0.15) is 22.0 Å². The molecule has 0 fully saturated rings. The normalized spacial score (nSPS) is 14.1. The molecule has 6 nitrogen and oxygen atoms in total. The molecule has 0 aliphatic rings. The summed E-state index contributed by atoms with van der Waals surface area (Å²) in [5.41, 5.74) is -0.310. The fourth-order valence-electron chi connectivity index (χ4n) is 1.32. The highest BCUT2D eigenvalue weighted by atomic mass is 35.5. The molecule has 1 aromatic carbocycles. The highest BCUT2D eigenvalue weighted by molar-refractivity contribution is 6.18. The first-order valence-electron chi connectivity index (χ1n) is 4.67. The van der Waals surface area contributed by atoms with Crippen molar-refractivity contribution < 1.29 is 19.9 Å². The molecule has 2 N–H and O–H groups in total. The van der Waals surface area contributed by atoms with Gasteiger partial charge >= 0.3 is 0 Å². The molecular weight excluding hydrogens is 250 g/mol. The first-order valence-corrected chi connectivity index (χ1v) is 5.20. The number of nitro groups is 1. The second-order valence-electron chi connectivity index (χ2n) is 3.36. The highest BCUT2D eigenvalue weighted by Gasteiger charge is 2.21. The molecule has 0 spiro atoms. The van der Waals surface area contributed by atoms with E-state index in [0.717, 1.165) is 12.1 Å². The Labute approximate surface area is 102 Å². The van der Waals surface area contributed by atoms with E-state index in [4.69, 9.17) is 11.6 Å². The van der Waals surface area contributed by atoms with Crippen LogP contribution < -0.4 is 0 Å². The van der Waals surface area contributed by atoms with Gasteiger partial charge in [0.05, 0.1) is 22.5 Å². The monoisotopic (exact) mass is 259 g/mol. The van der Waals surface area contributed by atoms with Crippen LogP contribution in [-0.4, -0.2) is 33.4 Å². The van der Waals surface area contributed by atoms with E-state index in [2.05, 4.69) is 0 Å². The van der Waals surface area contributed by atoms with E-state index in [1.54, 1.807) is 0 Å². The molecule has 0 aromatic heterocycles. The molecule has 1 rings (SSSR count). The molecule has 92 valence electrons. The second kappa shape index (κ2) is 5.72. The minimum Gasteiger partial charge on any atom is -0.389 e. The topological polar surface area (TPSA) is 101 Å². The molecule has 2 atom stereocenters. The predicted octanol–water partition coefficient (Wildman–Crippen LogP) is 1.04. The quantitative estimate of drug-likeness (QED) is 0.356. The lowest BCUT2D eigenvalue weighted by atomic mass is 10.0. The van der Waals surface area contributed by atoms with Crippen LogP contribution in [0.5, 0.6) is 0 Å². The summed E-state index contributed by atoms with van der Waals surface area (Å²) in [6.07, 6.45) is -2.16. The van der Waals surface area contributed by atoms with Crippen LogP contribution >= 0.6 is 11.6 Å². The van der Waals surface area contributed by atoms with Gasteiger partial charge in [0.1, 0.15) is 6.10 Å². The van der Waals surface area contributed by atoms with Crippen LogP contribution in [0.25, 0.3) is 0 Å². The number of hydrogen-bond acceptors (Lipinski definition) is 5. The van der Waals surface area contributed by atoms with Crippen LogP contribution in [0, 0.1) is 10.1 Å². The summed E-state index contributed by atoms with van der Waals surface area (Å²) in [6, 6.07) is 3.53. The average molecular weight is 260 g/mol. The zero-order chi connectivity index (χ0) is 13.0. The molecule has 17 heavy (non-hydrogen) atoms. The number of hydrogen-bond donors (Lipinski definition) is 2. The number of benzene rings is 1. The number of nitrogens with zero attached hydrogens (tertiary/aromatic N) is 1. The van der Waals surface area contributed by atoms with Crippen molar-refractivity contribution in [2.75, 3.05) is 5.88 Å². The van der Waals surface area contributed by atoms with Crippen molar-refractivity contribution in [3.8, 4) is 0 Å². The molecule has 0 saturated carbocycles. The third kappa shape index (κ3) is 3.00. The molecule has 0 amide bonds. The zero-order valence-corrected chi connectivity index (χ0v) is 9.37. The summed E-state index contributed by atoms with van der Waals surface area (Å²) in [4.78, 5) is 20.5. The molecule has 0 bridgehead atoms. The summed E-state index contributed by atoms with van der Waals surface area (Å²) in [6.45, 7) is 0. The van der Waals surface area contributed by atoms with Crippen molar-refractivity contribution in [2.45, 2.75) is 12.2 Å². The highest BCUT2D eigenvalue weighted by Crippen LogP contribution is 2.24. The molecule has 7 heteroatoms. The zero-order valence-electron chi connectivity index (χ0n) is 8.62. The van der Waals surface area contributed by atoms with Gasteiger partial charge in [-0.3, -0.25) is 14.9 Å². The second-order valence-corrected chi connectivity index (χ2v) is 3.67. The first kappa shape index (κ1) is 13.6. The van der Waals surface area contributed by atoms with Crippen molar-refractivity contribution in [3.05, 3.63) is 39.4 Å². The average Bonchev–Trinajstić information content (AvgIpc) is 2.35. The van der Waals surface area contributed by atoms with Gasteiger partial charge in [0.15, 0.2) is 6.29 Å². The van der Waals surface area contributed by atoms with Crippen molar-refractivity contribution in [2.24, 2.45) is 0 Å². The lowest BCUT2D eigenvalue weighted by Crippen LogP contribution is -2.19. The van der Waals surface area contributed by atoms with E-state index >= 15 is 0 Å². The smallest absolute Gasteiger partial charge is 0.279 e. The Morgan fingerprint density at radius 3 is 2.59 bits per heavy atom. The molecule has 0 aliphatic carbocycles. The Morgan fingerprint density at radius 1 is 1.47 bits per heavy atom. The van der Waals surface area contributed by atoms with Gasteiger partial charge in [0.25, 0.3) is 5.69 Å². The van der Waals surface area contributed by atoms with Crippen molar-refractivity contribution in [3.63, 3.8) is 0 Å². The van der Waals surface area contributed by atoms with Gasteiger partial charge in [-0.1, -0.05) is 0 Å². The number of rotatable bonds is 5. The van der Waals surface area contributed by atoms with E-state index < -0.39 is 17.1 Å². The van der Waals surface area contributed by atoms with Gasteiger partial charge in [-0.05, 0) is 17.7 Å². The fraction of sp³-hybridized carbons (Fsp3) is 0.300. The number of aliphatic hydroxyl groups is 2. The number of aliphatic hydroxyl groups excluding tert-OH is 2. The standard InChI is InChI=1S/C10H10ClNO5/c11-4-9(14)10(15)6-1-2-8(12(16)17)7(3-6)5-13/h1-3,5,9-10,14-15H,4H2. The molecular formula is C10H10ClNO5. The van der Waals surface area contributed by atoms with Crippen LogP contribution in [-0.2, 0) is 0 Å². The van der Waals surface area contributed by atoms with E-state index in [0.29, 0.717) is 6.29 Å². The van der Waals surface area contributed by atoms with Crippen LogP contribution in [0.3, 0.4) is 0 Å². The summed E-state index contributed by atoms with van der Waals surface area (Å²) in [5, 5.41) is 29.5. The number of nitro benzene ring substituents is 1. The lowest BCUT2D eigenvalue weighted by Gasteiger charge is -2.15. The van der Waals surface area contributed by atoms with Gasteiger partial charge in [-0.15, -0.1) is 11.6 Å². The van der Waals surface area contributed by atoms with E-state index in [-0.39, 0.29) is 22.7 Å². The van der Waals surface area contributed by atoms with Crippen molar-refractivity contribution >= 4 is 23.6 Å². The maximum Gasteiger partial charge on any atom is 0.279 e. The molecule has 0 saturated heterocycles. The minimum atomic E-state index is -1.29. The van der Waals surface area contributed by atoms with Gasteiger partial charge in [-0.25, -0.2) is 0 Å². The van der Waals surface area contributed by atoms with E-state index in [1.165, 1.54) is 6.07 Å². The Hall–Kier alpha value is -1.50. The summed E-state index contributed by atoms with van der Waals surface area (Å²) >= 11 is 5.36. The maximum absolute atomic E-state index is 10.7. The Morgan fingerprint density at radius 2 is 2.12 bits per heavy atom. The molecule has 0 heterocycles. The molecule has 0 aliphatic heterocycles. The van der Waals surface area contributed by atoms with E-state index in [1.807, 2.05) is 0 Å². The molecule has 2 unspecified atom stereocenters. The third-order valence-electron chi connectivity index (χ3n) is 2.24. The van der Waals surface area contributed by atoms with Gasteiger partial charge in [-0.2, -0.15) is 0 Å². The van der Waals surface area contributed by atoms with Gasteiger partial charge in [0.2, 0.25) is 0 Å². The minimum absolute atomic E-state index is 0.159. The lowest BCUT2D eigenvalue weighted by molar-refractivity contribution is -0.385. The number of carbonyl (C=O) groups excluding carboxylic acids is 1. The number of aldehydes is 1. The third-order valence-corrected chi connectivity index (χ3v) is 2.56. The molecule has 0 radical (unpaired) electrons. The van der Waals surface area contributed by atoms with Gasteiger partial charge in [0, 0.05) is 6.07 Å². The van der Waals surface area contributed by atoms with Crippen molar-refractivity contribution in [1.82, 2.24) is 0 Å². The van der Waals surface area contributed by atoms with Crippen molar-refractivity contribution in [1.29, 1.82) is 0 Å². The molecule has 1 aromatic rings. The Bertz CT molecular complexity index is 437. The van der Waals surface area contributed by atoms with E-state index in [9.17, 15) is 25.1 Å². The maximum atomic E-state index is 10.7. The largest absolute Gasteiger partial charge is 0.389 e. The summed E-state index contributed by atoms with van der Waals surface area (Å²) < 4.78 is 0. The Kier molecular flexibility index (Phi) is 4.56. The van der Waals surface area contributed by atoms with Crippen LogP contribution in [0.15, 0.2) is 18.2 Å². The summed E-state index contributed by atoms with van der Waals surface area (Å²) in [5.74, 6) is -0.186.